The van der Waals surface area contributed by atoms with Crippen molar-refractivity contribution in [3.63, 3.8) is 0 Å². The zero-order chi connectivity index (χ0) is 20.8. The van der Waals surface area contributed by atoms with Crippen molar-refractivity contribution in [2.75, 3.05) is 6.54 Å². The van der Waals surface area contributed by atoms with E-state index in [0.717, 1.165) is 23.4 Å². The van der Waals surface area contributed by atoms with Gasteiger partial charge in [0.15, 0.2) is 0 Å². The first-order chi connectivity index (χ1) is 13.9. The molecule has 3 rings (SSSR count). The van der Waals surface area contributed by atoms with Crippen LogP contribution in [0.3, 0.4) is 0 Å². The van der Waals surface area contributed by atoms with Gasteiger partial charge in [0.25, 0.3) is 5.91 Å². The van der Waals surface area contributed by atoms with E-state index < -0.39 is 0 Å². The third kappa shape index (κ3) is 5.57. The number of nitrogens with zero attached hydrogens (tertiary/aromatic N) is 2. The summed E-state index contributed by atoms with van der Waals surface area (Å²) < 4.78 is 20.4. The molecule has 152 valence electrons. The van der Waals surface area contributed by atoms with E-state index in [9.17, 15) is 9.18 Å². The predicted octanol–water partition coefficient (Wildman–Crippen LogP) is 4.69. The molecule has 0 saturated heterocycles. The highest BCUT2D eigenvalue weighted by atomic mass is 35.5. The fourth-order valence-electron chi connectivity index (χ4n) is 2.88. The van der Waals surface area contributed by atoms with Gasteiger partial charge in [-0.2, -0.15) is 5.10 Å². The van der Waals surface area contributed by atoms with Crippen molar-refractivity contribution in [2.24, 2.45) is 0 Å². The molecular formula is C22H23ClFN3O2. The number of carbonyl (C=O) groups is 1. The van der Waals surface area contributed by atoms with Crippen molar-refractivity contribution in [2.45, 2.75) is 33.4 Å². The van der Waals surface area contributed by atoms with Gasteiger partial charge in [0.2, 0.25) is 0 Å². The van der Waals surface area contributed by atoms with Gasteiger partial charge in [0, 0.05) is 18.7 Å². The Morgan fingerprint density at radius 3 is 2.45 bits per heavy atom. The van der Waals surface area contributed by atoms with Crippen LogP contribution in [0.5, 0.6) is 5.75 Å². The Kier molecular flexibility index (Phi) is 6.88. The van der Waals surface area contributed by atoms with Gasteiger partial charge in [-0.05, 0) is 62.2 Å². The zero-order valence-corrected chi connectivity index (χ0v) is 17.2. The average molecular weight is 416 g/mol. The molecule has 0 atom stereocenters. The van der Waals surface area contributed by atoms with E-state index in [1.807, 2.05) is 30.7 Å². The minimum Gasteiger partial charge on any atom is -0.489 e. The van der Waals surface area contributed by atoms with Crippen LogP contribution in [0.25, 0.3) is 0 Å². The summed E-state index contributed by atoms with van der Waals surface area (Å²) in [6.45, 7) is 5.40. The van der Waals surface area contributed by atoms with Gasteiger partial charge in [0.05, 0.1) is 16.4 Å². The second-order valence-corrected chi connectivity index (χ2v) is 7.13. The molecule has 1 amide bonds. The van der Waals surface area contributed by atoms with Crippen LogP contribution in [0.15, 0.2) is 48.5 Å². The number of amides is 1. The van der Waals surface area contributed by atoms with Gasteiger partial charge in [-0.1, -0.05) is 23.7 Å². The number of ether oxygens (including phenoxy) is 1. The monoisotopic (exact) mass is 415 g/mol. The van der Waals surface area contributed by atoms with Crippen molar-refractivity contribution in [3.8, 4) is 5.75 Å². The van der Waals surface area contributed by atoms with E-state index in [2.05, 4.69) is 10.4 Å². The summed E-state index contributed by atoms with van der Waals surface area (Å²) in [7, 11) is 0. The maximum Gasteiger partial charge on any atom is 0.251 e. The van der Waals surface area contributed by atoms with Crippen molar-refractivity contribution >= 4 is 17.5 Å². The number of halogens is 2. The normalized spacial score (nSPS) is 10.8. The van der Waals surface area contributed by atoms with Gasteiger partial charge < -0.3 is 10.1 Å². The van der Waals surface area contributed by atoms with Crippen molar-refractivity contribution in [1.29, 1.82) is 0 Å². The topological polar surface area (TPSA) is 56.2 Å². The van der Waals surface area contributed by atoms with Crippen LogP contribution in [0.2, 0.25) is 5.02 Å². The molecule has 0 bridgehead atoms. The fourth-order valence-corrected chi connectivity index (χ4v) is 3.01. The lowest BCUT2D eigenvalue weighted by Crippen LogP contribution is -2.25. The van der Waals surface area contributed by atoms with Crippen molar-refractivity contribution in [1.82, 2.24) is 15.1 Å². The third-order valence-electron chi connectivity index (χ3n) is 4.56. The van der Waals surface area contributed by atoms with Crippen LogP contribution in [0.1, 0.15) is 33.7 Å². The maximum atomic E-state index is 12.9. The highest BCUT2D eigenvalue weighted by Gasteiger charge is 2.09. The molecule has 0 aliphatic carbocycles. The van der Waals surface area contributed by atoms with E-state index >= 15 is 0 Å². The lowest BCUT2D eigenvalue weighted by atomic mass is 10.1. The summed E-state index contributed by atoms with van der Waals surface area (Å²) in [6, 6.07) is 13.1. The van der Waals surface area contributed by atoms with Crippen molar-refractivity contribution < 1.29 is 13.9 Å². The van der Waals surface area contributed by atoms with Gasteiger partial charge >= 0.3 is 0 Å². The molecule has 0 unspecified atom stereocenters. The molecule has 0 aliphatic heterocycles. The van der Waals surface area contributed by atoms with Gasteiger partial charge in [0.1, 0.15) is 18.2 Å². The number of carbonyl (C=O) groups excluding carboxylic acids is 1. The smallest absolute Gasteiger partial charge is 0.251 e. The minimum atomic E-state index is -0.300. The summed E-state index contributed by atoms with van der Waals surface area (Å²) >= 11 is 6.14. The van der Waals surface area contributed by atoms with Gasteiger partial charge in [-0.25, -0.2) is 4.39 Å². The van der Waals surface area contributed by atoms with E-state index in [-0.39, 0.29) is 11.7 Å². The summed E-state index contributed by atoms with van der Waals surface area (Å²) in [5.41, 5.74) is 3.27. The number of nitrogens with one attached hydrogen (secondary N) is 1. The highest BCUT2D eigenvalue weighted by molar-refractivity contribution is 6.31. The molecule has 3 aromatic rings. The minimum absolute atomic E-state index is 0.123. The zero-order valence-electron chi connectivity index (χ0n) is 16.4. The first kappa shape index (κ1) is 20.9. The first-order valence-electron chi connectivity index (χ1n) is 9.39. The highest BCUT2D eigenvalue weighted by Crippen LogP contribution is 2.19. The van der Waals surface area contributed by atoms with Crippen LogP contribution in [-0.2, 0) is 13.2 Å². The van der Waals surface area contributed by atoms with Gasteiger partial charge in [-0.3, -0.25) is 9.48 Å². The van der Waals surface area contributed by atoms with Crippen molar-refractivity contribution in [3.05, 3.63) is 81.9 Å². The second-order valence-electron chi connectivity index (χ2n) is 6.76. The molecule has 0 radical (unpaired) electrons. The molecule has 0 spiro atoms. The Hall–Kier alpha value is -2.86. The molecule has 0 aliphatic rings. The number of hydrogen-bond donors (Lipinski definition) is 1. The number of aromatic nitrogens is 2. The quantitative estimate of drug-likeness (QED) is 0.543. The molecule has 2 aromatic carbocycles. The largest absolute Gasteiger partial charge is 0.489 e. The Morgan fingerprint density at radius 2 is 1.83 bits per heavy atom. The molecule has 0 saturated carbocycles. The van der Waals surface area contributed by atoms with Crippen LogP contribution < -0.4 is 10.1 Å². The number of rotatable bonds is 8. The predicted molar refractivity (Wildman–Crippen MR) is 111 cm³/mol. The van der Waals surface area contributed by atoms with E-state index in [1.54, 1.807) is 24.3 Å². The molecule has 1 heterocycles. The Labute approximate surface area is 174 Å². The Balaban J connectivity index is 1.43. The second kappa shape index (κ2) is 9.56. The Bertz CT molecular complexity index is 969. The lowest BCUT2D eigenvalue weighted by Gasteiger charge is -2.09. The SMILES string of the molecule is Cc1nn(CCCNC(=O)c2ccc(COc3ccc(F)cc3)cc2)c(C)c1Cl. The Morgan fingerprint density at radius 1 is 1.14 bits per heavy atom. The van der Waals surface area contributed by atoms with E-state index in [1.165, 1.54) is 12.1 Å². The van der Waals surface area contributed by atoms with E-state index in [0.29, 0.717) is 36.0 Å². The summed E-state index contributed by atoms with van der Waals surface area (Å²) in [5.74, 6) is 0.172. The molecule has 29 heavy (non-hydrogen) atoms. The van der Waals surface area contributed by atoms with Crippen LogP contribution in [0, 0.1) is 19.7 Å². The first-order valence-corrected chi connectivity index (χ1v) is 9.77. The fraction of sp³-hybridized carbons (Fsp3) is 0.273. The standard InChI is InChI=1S/C22H23ClFN3O2/c1-15-21(23)16(2)27(26-15)13-3-12-25-22(28)18-6-4-17(5-7-18)14-29-20-10-8-19(24)9-11-20/h4-11H,3,12-14H2,1-2H3,(H,25,28). The number of benzene rings is 2. The molecule has 1 N–H and O–H groups in total. The molecule has 0 fully saturated rings. The van der Waals surface area contributed by atoms with Crippen LogP contribution in [-0.4, -0.2) is 22.2 Å². The van der Waals surface area contributed by atoms with Crippen LogP contribution >= 0.6 is 11.6 Å². The average Bonchev–Trinajstić information content (AvgIpc) is 2.97. The van der Waals surface area contributed by atoms with Gasteiger partial charge in [-0.15, -0.1) is 0 Å². The van der Waals surface area contributed by atoms with Crippen LogP contribution in [0.4, 0.5) is 4.39 Å². The third-order valence-corrected chi connectivity index (χ3v) is 5.11. The maximum absolute atomic E-state index is 12.9. The summed E-state index contributed by atoms with van der Waals surface area (Å²) in [4.78, 5) is 12.3. The number of hydrogen-bond acceptors (Lipinski definition) is 3. The molecule has 7 heteroatoms. The molecule has 1 aromatic heterocycles. The summed E-state index contributed by atoms with van der Waals surface area (Å²) in [6.07, 6.45) is 0.758. The van der Waals surface area contributed by atoms with E-state index in [4.69, 9.17) is 16.3 Å². The number of aryl methyl sites for hydroxylation is 2. The molecular weight excluding hydrogens is 393 g/mol. The lowest BCUT2D eigenvalue weighted by molar-refractivity contribution is 0.0952. The molecule has 5 nitrogen and oxygen atoms in total. The summed E-state index contributed by atoms with van der Waals surface area (Å²) in [5, 5.41) is 7.98.